The van der Waals surface area contributed by atoms with Crippen molar-refractivity contribution in [3.8, 4) is 0 Å². The van der Waals surface area contributed by atoms with Crippen molar-refractivity contribution in [2.75, 3.05) is 5.33 Å². The van der Waals surface area contributed by atoms with E-state index in [1.54, 1.807) is 0 Å². The zero-order chi connectivity index (χ0) is 11.2. The highest BCUT2D eigenvalue weighted by Gasteiger charge is 2.20. The van der Waals surface area contributed by atoms with E-state index in [-0.39, 0.29) is 0 Å². The van der Waals surface area contributed by atoms with Crippen LogP contribution >= 0.6 is 15.9 Å². The van der Waals surface area contributed by atoms with Crippen molar-refractivity contribution in [2.45, 2.75) is 38.4 Å². The molecule has 0 radical (unpaired) electrons. The first-order valence-corrected chi connectivity index (χ1v) is 7.22. The Hall–Kier alpha value is -0.340. The molecule has 1 aromatic carbocycles. The van der Waals surface area contributed by atoms with E-state index < -0.39 is 0 Å². The van der Waals surface area contributed by atoms with Crippen molar-refractivity contribution in [1.82, 2.24) is 0 Å². The van der Waals surface area contributed by atoms with Gasteiger partial charge in [-0.15, -0.1) is 0 Å². The van der Waals surface area contributed by atoms with Crippen LogP contribution in [-0.2, 0) is 11.3 Å². The lowest BCUT2D eigenvalue weighted by Crippen LogP contribution is -2.22. The van der Waals surface area contributed by atoms with E-state index in [1.165, 1.54) is 31.2 Å². The van der Waals surface area contributed by atoms with E-state index in [4.69, 9.17) is 4.74 Å². The van der Waals surface area contributed by atoms with Crippen LogP contribution in [0.25, 0.3) is 0 Å². The van der Waals surface area contributed by atoms with Gasteiger partial charge in [0.2, 0.25) is 0 Å². The molecule has 0 spiro atoms. The van der Waals surface area contributed by atoms with Crippen molar-refractivity contribution in [3.05, 3.63) is 35.9 Å². The summed E-state index contributed by atoms with van der Waals surface area (Å²) in [5, 5.41) is 1.15. The number of rotatable bonds is 4. The molecule has 1 saturated carbocycles. The van der Waals surface area contributed by atoms with Crippen molar-refractivity contribution in [1.29, 1.82) is 0 Å². The van der Waals surface area contributed by atoms with E-state index in [0.717, 1.165) is 17.9 Å². The maximum atomic E-state index is 5.95. The van der Waals surface area contributed by atoms with Crippen LogP contribution in [0.15, 0.2) is 30.3 Å². The first-order chi connectivity index (χ1) is 7.88. The van der Waals surface area contributed by atoms with Gasteiger partial charge in [-0.25, -0.2) is 0 Å². The summed E-state index contributed by atoms with van der Waals surface area (Å²) in [4.78, 5) is 0. The molecule has 1 aliphatic carbocycles. The molecule has 0 heterocycles. The third kappa shape index (κ3) is 3.60. The summed E-state index contributed by atoms with van der Waals surface area (Å²) >= 11 is 3.57. The third-order valence-corrected chi connectivity index (χ3v) is 4.26. The number of hydrogen-bond donors (Lipinski definition) is 0. The monoisotopic (exact) mass is 282 g/mol. The first kappa shape index (κ1) is 12.1. The molecule has 2 rings (SSSR count). The molecule has 0 saturated heterocycles. The lowest BCUT2D eigenvalue weighted by molar-refractivity contribution is 0.00927. The van der Waals surface area contributed by atoms with Gasteiger partial charge < -0.3 is 4.74 Å². The van der Waals surface area contributed by atoms with Crippen molar-refractivity contribution < 1.29 is 4.74 Å². The van der Waals surface area contributed by atoms with Crippen LogP contribution in [0, 0.1) is 5.92 Å². The average Bonchev–Trinajstić information content (AvgIpc) is 2.38. The fourth-order valence-corrected chi connectivity index (χ4v) is 2.89. The zero-order valence-electron chi connectivity index (χ0n) is 9.57. The van der Waals surface area contributed by atoms with Gasteiger partial charge in [-0.05, 0) is 37.2 Å². The minimum atomic E-state index is 0.482. The van der Waals surface area contributed by atoms with E-state index in [0.29, 0.717) is 6.10 Å². The molecule has 88 valence electrons. The number of hydrogen-bond acceptors (Lipinski definition) is 1. The van der Waals surface area contributed by atoms with Crippen LogP contribution in [0.1, 0.15) is 31.2 Å². The zero-order valence-corrected chi connectivity index (χ0v) is 11.2. The lowest BCUT2D eigenvalue weighted by Gasteiger charge is -2.27. The smallest absolute Gasteiger partial charge is 0.0720 e. The Morgan fingerprint density at radius 1 is 1.06 bits per heavy atom. The Kier molecular flexibility index (Phi) is 4.86. The summed E-state index contributed by atoms with van der Waals surface area (Å²) in [6.07, 6.45) is 5.55. The molecule has 1 aromatic rings. The van der Waals surface area contributed by atoms with E-state index in [2.05, 4.69) is 40.2 Å². The fourth-order valence-electron chi connectivity index (χ4n) is 2.24. The summed E-state index contributed by atoms with van der Waals surface area (Å²) in [6.45, 7) is 0.768. The highest BCUT2D eigenvalue weighted by molar-refractivity contribution is 9.09. The summed E-state index contributed by atoms with van der Waals surface area (Å²) in [6, 6.07) is 10.4. The van der Waals surface area contributed by atoms with Crippen molar-refractivity contribution in [2.24, 2.45) is 5.92 Å². The van der Waals surface area contributed by atoms with Crippen LogP contribution in [0.2, 0.25) is 0 Å². The molecule has 0 aromatic heterocycles. The third-order valence-electron chi connectivity index (χ3n) is 3.34. The van der Waals surface area contributed by atoms with Crippen LogP contribution in [0.5, 0.6) is 0 Å². The van der Waals surface area contributed by atoms with E-state index >= 15 is 0 Å². The normalized spacial score (nSPS) is 25.6. The lowest BCUT2D eigenvalue weighted by atomic mass is 9.89. The molecule has 2 heteroatoms. The summed E-state index contributed by atoms with van der Waals surface area (Å²) < 4.78 is 5.95. The number of halogens is 1. The number of alkyl halides is 1. The predicted molar refractivity (Wildman–Crippen MR) is 70.8 cm³/mol. The molecule has 0 amide bonds. The van der Waals surface area contributed by atoms with Crippen molar-refractivity contribution >= 4 is 15.9 Å². The van der Waals surface area contributed by atoms with Crippen LogP contribution in [0.3, 0.4) is 0 Å². The van der Waals surface area contributed by atoms with Gasteiger partial charge in [0.1, 0.15) is 0 Å². The van der Waals surface area contributed by atoms with Gasteiger partial charge in [0.25, 0.3) is 0 Å². The molecule has 0 bridgehead atoms. The Balaban J connectivity index is 1.72. The molecular weight excluding hydrogens is 264 g/mol. The first-order valence-electron chi connectivity index (χ1n) is 6.10. The Morgan fingerprint density at radius 3 is 2.38 bits per heavy atom. The highest BCUT2D eigenvalue weighted by atomic mass is 79.9. The minimum Gasteiger partial charge on any atom is -0.374 e. The number of ether oxygens (including phenoxy) is 1. The Bertz CT molecular complexity index is 291. The topological polar surface area (TPSA) is 9.23 Å². The summed E-state index contributed by atoms with van der Waals surface area (Å²) in [5.41, 5.74) is 1.28. The molecular formula is C14H19BrO. The molecule has 1 aliphatic rings. The summed E-state index contributed by atoms with van der Waals surface area (Å²) in [5.74, 6) is 0.872. The van der Waals surface area contributed by atoms with E-state index in [9.17, 15) is 0 Å². The molecule has 16 heavy (non-hydrogen) atoms. The van der Waals surface area contributed by atoms with Crippen LogP contribution in [0.4, 0.5) is 0 Å². The maximum absolute atomic E-state index is 5.95. The quantitative estimate of drug-likeness (QED) is 0.754. The number of benzene rings is 1. The highest BCUT2D eigenvalue weighted by Crippen LogP contribution is 2.27. The minimum absolute atomic E-state index is 0.482. The second-order valence-corrected chi connectivity index (χ2v) is 5.24. The molecule has 0 N–H and O–H groups in total. The van der Waals surface area contributed by atoms with Gasteiger partial charge in [0.15, 0.2) is 0 Å². The fraction of sp³-hybridized carbons (Fsp3) is 0.571. The van der Waals surface area contributed by atoms with Gasteiger partial charge in [0, 0.05) is 5.33 Å². The second kappa shape index (κ2) is 6.41. The SMILES string of the molecule is BrC[C@H]1CC[C@H](OCc2ccccc2)CC1. The Morgan fingerprint density at radius 2 is 1.75 bits per heavy atom. The molecule has 0 aliphatic heterocycles. The largest absolute Gasteiger partial charge is 0.374 e. The maximum Gasteiger partial charge on any atom is 0.0720 e. The van der Waals surface area contributed by atoms with Gasteiger partial charge in [-0.2, -0.15) is 0 Å². The van der Waals surface area contributed by atoms with Gasteiger partial charge in [0.05, 0.1) is 12.7 Å². The standard InChI is InChI=1S/C14H19BrO/c15-10-12-6-8-14(9-7-12)16-11-13-4-2-1-3-5-13/h1-5,12,14H,6-11H2/t12-,14-. The Labute approximate surface area is 106 Å². The molecule has 1 fully saturated rings. The summed E-state index contributed by atoms with van der Waals surface area (Å²) in [7, 11) is 0. The van der Waals surface area contributed by atoms with Crippen molar-refractivity contribution in [3.63, 3.8) is 0 Å². The van der Waals surface area contributed by atoms with Crippen LogP contribution in [-0.4, -0.2) is 11.4 Å². The predicted octanol–water partition coefficient (Wildman–Crippen LogP) is 4.16. The van der Waals surface area contributed by atoms with Gasteiger partial charge in [-0.3, -0.25) is 0 Å². The second-order valence-electron chi connectivity index (χ2n) is 4.59. The molecule has 0 atom stereocenters. The van der Waals surface area contributed by atoms with Gasteiger partial charge >= 0.3 is 0 Å². The van der Waals surface area contributed by atoms with Gasteiger partial charge in [-0.1, -0.05) is 46.3 Å². The molecule has 0 unspecified atom stereocenters. The average molecular weight is 283 g/mol. The van der Waals surface area contributed by atoms with Crippen LogP contribution < -0.4 is 0 Å². The van der Waals surface area contributed by atoms with E-state index in [1.807, 2.05) is 6.07 Å². The molecule has 1 nitrogen and oxygen atoms in total.